The number of hydrogen-bond acceptors (Lipinski definition) is 2. The summed E-state index contributed by atoms with van der Waals surface area (Å²) in [6.45, 7) is 4.22. The maximum absolute atomic E-state index is 4.57. The number of hydrogen-bond donors (Lipinski definition) is 0. The Labute approximate surface area is 114 Å². The van der Waals surface area contributed by atoms with E-state index in [-0.39, 0.29) is 0 Å². The monoisotopic (exact) mass is 301 g/mol. The lowest BCUT2D eigenvalue weighted by molar-refractivity contribution is 1.08. The third-order valence-corrected chi connectivity index (χ3v) is 3.75. The molecule has 4 heteroatoms. The van der Waals surface area contributed by atoms with E-state index >= 15 is 0 Å². The molecular formula is C14H12BrN3. The maximum Gasteiger partial charge on any atom is 0.147 e. The molecule has 2 heterocycles. The number of nitrogens with zero attached hydrogens (tertiary/aromatic N) is 3. The van der Waals surface area contributed by atoms with Gasteiger partial charge in [0.05, 0.1) is 5.52 Å². The largest absolute Gasteiger partial charge is 0.282 e. The van der Waals surface area contributed by atoms with Crippen LogP contribution in [0.25, 0.3) is 16.9 Å². The summed E-state index contributed by atoms with van der Waals surface area (Å²) in [5, 5.41) is 0. The van der Waals surface area contributed by atoms with Crippen LogP contribution in [0.5, 0.6) is 0 Å². The minimum absolute atomic E-state index is 0.845. The van der Waals surface area contributed by atoms with Crippen LogP contribution < -0.4 is 0 Å². The predicted molar refractivity (Wildman–Crippen MR) is 75.6 cm³/mol. The highest BCUT2D eigenvalue weighted by atomic mass is 79.9. The fraction of sp³-hybridized carbons (Fsp3) is 0.143. The van der Waals surface area contributed by atoms with E-state index in [4.69, 9.17) is 0 Å². The Bertz CT molecular complexity index is 731. The van der Waals surface area contributed by atoms with Crippen LogP contribution in [0.3, 0.4) is 0 Å². The highest BCUT2D eigenvalue weighted by molar-refractivity contribution is 9.10. The van der Waals surface area contributed by atoms with Crippen molar-refractivity contribution in [2.24, 2.45) is 0 Å². The number of rotatable bonds is 1. The summed E-state index contributed by atoms with van der Waals surface area (Å²) < 4.78 is 2.84. The number of imidazole rings is 1. The first-order valence-electron chi connectivity index (χ1n) is 5.72. The number of fused-ring (bicyclic) bond motifs is 1. The molecule has 0 radical (unpaired) electrons. The lowest BCUT2D eigenvalue weighted by atomic mass is 10.1. The molecule has 0 aliphatic rings. The molecule has 0 N–H and O–H groups in total. The zero-order valence-corrected chi connectivity index (χ0v) is 11.8. The summed E-state index contributed by atoms with van der Waals surface area (Å²) in [4.78, 5) is 8.72. The van der Waals surface area contributed by atoms with Gasteiger partial charge < -0.3 is 0 Å². The number of benzene rings is 1. The summed E-state index contributed by atoms with van der Waals surface area (Å²) in [7, 11) is 0. The van der Waals surface area contributed by atoms with E-state index in [2.05, 4.69) is 57.9 Å². The van der Waals surface area contributed by atoms with E-state index < -0.39 is 0 Å². The summed E-state index contributed by atoms with van der Waals surface area (Å²) in [5.41, 5.74) is 4.69. The third-order valence-electron chi connectivity index (χ3n) is 3.17. The van der Waals surface area contributed by atoms with Crippen LogP contribution in [0.2, 0.25) is 0 Å². The van der Waals surface area contributed by atoms with Crippen molar-refractivity contribution in [3.05, 3.63) is 52.5 Å². The Morgan fingerprint density at radius 3 is 2.72 bits per heavy atom. The van der Waals surface area contributed by atoms with E-state index in [1.165, 1.54) is 11.1 Å². The topological polar surface area (TPSA) is 30.2 Å². The first kappa shape index (κ1) is 11.4. The minimum atomic E-state index is 0.845. The Morgan fingerprint density at radius 1 is 1.11 bits per heavy atom. The van der Waals surface area contributed by atoms with E-state index in [0.29, 0.717) is 0 Å². The van der Waals surface area contributed by atoms with Crippen LogP contribution in [0.15, 0.2) is 41.4 Å². The lowest BCUT2D eigenvalue weighted by Gasteiger charge is -2.04. The van der Waals surface area contributed by atoms with E-state index in [9.17, 15) is 0 Å². The second kappa shape index (κ2) is 4.21. The van der Waals surface area contributed by atoms with Crippen molar-refractivity contribution in [2.75, 3.05) is 0 Å². The molecule has 0 amide bonds. The molecule has 0 spiro atoms. The van der Waals surface area contributed by atoms with Gasteiger partial charge in [0, 0.05) is 11.8 Å². The van der Waals surface area contributed by atoms with Crippen molar-refractivity contribution >= 4 is 21.4 Å². The van der Waals surface area contributed by atoms with Crippen LogP contribution in [0.4, 0.5) is 0 Å². The lowest BCUT2D eigenvalue weighted by Crippen LogP contribution is -1.91. The van der Waals surface area contributed by atoms with Gasteiger partial charge in [-0.25, -0.2) is 9.97 Å². The smallest absolute Gasteiger partial charge is 0.147 e. The van der Waals surface area contributed by atoms with Crippen molar-refractivity contribution in [3.63, 3.8) is 0 Å². The van der Waals surface area contributed by atoms with Gasteiger partial charge in [-0.3, -0.25) is 4.40 Å². The van der Waals surface area contributed by atoms with Crippen molar-refractivity contribution in [2.45, 2.75) is 13.8 Å². The van der Waals surface area contributed by atoms with Gasteiger partial charge in [-0.1, -0.05) is 12.1 Å². The maximum atomic E-state index is 4.57. The molecule has 1 aromatic carbocycles. The molecule has 0 aliphatic heterocycles. The zero-order valence-electron chi connectivity index (χ0n) is 10.2. The Hall–Kier alpha value is -1.68. The molecule has 2 aromatic heterocycles. The van der Waals surface area contributed by atoms with E-state index in [1.54, 1.807) is 12.5 Å². The number of halogens is 1. The molecule has 0 fully saturated rings. The summed E-state index contributed by atoms with van der Waals surface area (Å²) in [6, 6.07) is 8.32. The minimum Gasteiger partial charge on any atom is -0.282 e. The second-order valence-corrected chi connectivity index (χ2v) is 5.11. The van der Waals surface area contributed by atoms with Gasteiger partial charge in [0.25, 0.3) is 0 Å². The van der Waals surface area contributed by atoms with Crippen molar-refractivity contribution < 1.29 is 0 Å². The van der Waals surface area contributed by atoms with Gasteiger partial charge in [-0.15, -0.1) is 0 Å². The quantitative estimate of drug-likeness (QED) is 0.685. The Kier molecular flexibility index (Phi) is 2.67. The average Bonchev–Trinajstić information content (AvgIpc) is 2.71. The second-order valence-electron chi connectivity index (χ2n) is 4.36. The molecule has 0 saturated heterocycles. The van der Waals surface area contributed by atoms with E-state index in [1.807, 2.05) is 10.5 Å². The zero-order chi connectivity index (χ0) is 12.7. The van der Waals surface area contributed by atoms with E-state index in [0.717, 1.165) is 21.5 Å². The molecule has 0 bridgehead atoms. The SMILES string of the molecule is Cc1ccc(-c2nc(Br)c3ccncn23)cc1C. The van der Waals surface area contributed by atoms with Gasteiger partial charge >= 0.3 is 0 Å². The molecule has 0 atom stereocenters. The molecule has 3 aromatic rings. The van der Waals surface area contributed by atoms with Crippen molar-refractivity contribution in [1.29, 1.82) is 0 Å². The fourth-order valence-electron chi connectivity index (χ4n) is 1.99. The normalized spacial score (nSPS) is 11.1. The third kappa shape index (κ3) is 1.73. The van der Waals surface area contributed by atoms with Crippen LogP contribution in [0.1, 0.15) is 11.1 Å². The highest BCUT2D eigenvalue weighted by Crippen LogP contribution is 2.26. The molecule has 0 saturated carbocycles. The fourth-order valence-corrected chi connectivity index (χ4v) is 2.48. The van der Waals surface area contributed by atoms with Crippen molar-refractivity contribution in [3.8, 4) is 11.4 Å². The standard InChI is InChI=1S/C14H12BrN3/c1-9-3-4-11(7-10(9)2)14-17-13(15)12-5-6-16-8-18(12)14/h3-8H,1-2H3. The van der Waals surface area contributed by atoms with Gasteiger partial charge in [-0.2, -0.15) is 0 Å². The molecule has 3 nitrogen and oxygen atoms in total. The van der Waals surface area contributed by atoms with Crippen LogP contribution in [-0.2, 0) is 0 Å². The van der Waals surface area contributed by atoms with Gasteiger partial charge in [0.1, 0.15) is 16.8 Å². The van der Waals surface area contributed by atoms with Gasteiger partial charge in [0.15, 0.2) is 0 Å². The first-order chi connectivity index (χ1) is 8.66. The molecular weight excluding hydrogens is 290 g/mol. The molecule has 90 valence electrons. The summed E-state index contributed by atoms with van der Waals surface area (Å²) in [6.07, 6.45) is 3.56. The summed E-state index contributed by atoms with van der Waals surface area (Å²) >= 11 is 3.49. The number of aryl methyl sites for hydroxylation is 2. The molecule has 0 aliphatic carbocycles. The average molecular weight is 302 g/mol. The van der Waals surface area contributed by atoms with Crippen LogP contribution in [0, 0.1) is 13.8 Å². The van der Waals surface area contributed by atoms with Crippen molar-refractivity contribution in [1.82, 2.24) is 14.4 Å². The first-order valence-corrected chi connectivity index (χ1v) is 6.51. The van der Waals surface area contributed by atoms with Crippen LogP contribution in [-0.4, -0.2) is 14.4 Å². The van der Waals surface area contributed by atoms with Crippen LogP contribution >= 0.6 is 15.9 Å². The van der Waals surface area contributed by atoms with Gasteiger partial charge in [0.2, 0.25) is 0 Å². The summed E-state index contributed by atoms with van der Waals surface area (Å²) in [5.74, 6) is 0.910. The van der Waals surface area contributed by atoms with Gasteiger partial charge in [-0.05, 0) is 53.0 Å². The molecule has 3 rings (SSSR count). The predicted octanol–water partition coefficient (Wildman–Crippen LogP) is 3.78. The molecule has 18 heavy (non-hydrogen) atoms. The highest BCUT2D eigenvalue weighted by Gasteiger charge is 2.11. The number of aromatic nitrogens is 3. The Balaban J connectivity index is 2.28. The Morgan fingerprint density at radius 2 is 1.94 bits per heavy atom. The molecule has 0 unspecified atom stereocenters.